The van der Waals surface area contributed by atoms with Gasteiger partial charge < -0.3 is 20.9 Å². The zero-order valence-electron chi connectivity index (χ0n) is 16.9. The van der Waals surface area contributed by atoms with Gasteiger partial charge in [0.05, 0.1) is 0 Å². The minimum Gasteiger partial charge on any atom is -0.365 e. The van der Waals surface area contributed by atoms with Gasteiger partial charge in [0.25, 0.3) is 0 Å². The zero-order chi connectivity index (χ0) is 20.8. The van der Waals surface area contributed by atoms with Crippen molar-refractivity contribution in [2.45, 2.75) is 25.9 Å². The minimum atomic E-state index is -0.549. The first kappa shape index (κ1) is 23.8. The fourth-order valence-corrected chi connectivity index (χ4v) is 3.41. The maximum Gasteiger partial charge on any atom is 0.221 e. The molecule has 9 heteroatoms. The second-order valence-electron chi connectivity index (χ2n) is 6.95. The number of hydrogen-bond donors (Lipinski definition) is 3. The second kappa shape index (κ2) is 11.1. The van der Waals surface area contributed by atoms with Crippen molar-refractivity contribution in [2.75, 3.05) is 30.4 Å². The number of nitrogens with zero attached hydrogens (tertiary/aromatic N) is 2. The van der Waals surface area contributed by atoms with Crippen LogP contribution in [0.1, 0.15) is 18.9 Å². The topological polar surface area (TPSA) is 68.8 Å². The van der Waals surface area contributed by atoms with Gasteiger partial charge in [-0.3, -0.25) is 9.79 Å². The first-order valence-electron chi connectivity index (χ1n) is 9.49. The number of aliphatic imine (C=N–C) groups is 1. The molecule has 3 rings (SSSR count). The summed E-state index contributed by atoms with van der Waals surface area (Å²) in [6, 6.07) is 11.5. The normalized spacial score (nSPS) is 16.1. The van der Waals surface area contributed by atoms with E-state index in [9.17, 15) is 13.6 Å². The molecule has 0 saturated carbocycles. The molecule has 0 radical (unpaired) electrons. The van der Waals surface area contributed by atoms with Crippen molar-refractivity contribution >= 4 is 47.2 Å². The molecule has 1 fully saturated rings. The lowest BCUT2D eigenvalue weighted by Crippen LogP contribution is -2.44. The molecule has 1 aliphatic rings. The highest BCUT2D eigenvalue weighted by molar-refractivity contribution is 14.0. The SMILES string of the molecule is CN=C(NCc1cccc(NC(C)=O)c1)NC1CCN(c2c(F)cccc2F)C1.I. The lowest BCUT2D eigenvalue weighted by molar-refractivity contribution is -0.114. The summed E-state index contributed by atoms with van der Waals surface area (Å²) in [6.45, 7) is 3.03. The zero-order valence-corrected chi connectivity index (χ0v) is 19.2. The van der Waals surface area contributed by atoms with Crippen LogP contribution in [0.15, 0.2) is 47.5 Å². The van der Waals surface area contributed by atoms with Gasteiger partial charge in [-0.25, -0.2) is 8.78 Å². The predicted octanol–water partition coefficient (Wildman–Crippen LogP) is 3.49. The minimum absolute atomic E-state index is 0. The Balaban J connectivity index is 0.00000320. The molecule has 0 bridgehead atoms. The standard InChI is InChI=1S/C21H25F2N5O.HI/c1-14(29)26-16-6-3-5-15(11-16)12-25-21(24-2)27-17-9-10-28(13-17)20-18(22)7-4-8-19(20)23;/h3-8,11,17H,9-10,12-13H2,1-2H3,(H,26,29)(H2,24,25,27);1H. The summed E-state index contributed by atoms with van der Waals surface area (Å²) >= 11 is 0. The van der Waals surface area contributed by atoms with E-state index in [-0.39, 0.29) is 41.6 Å². The molecule has 0 aliphatic carbocycles. The number of carbonyl (C=O) groups is 1. The quantitative estimate of drug-likeness (QED) is 0.315. The van der Waals surface area contributed by atoms with E-state index in [0.717, 1.165) is 17.7 Å². The first-order chi connectivity index (χ1) is 14.0. The van der Waals surface area contributed by atoms with E-state index in [4.69, 9.17) is 0 Å². The Hall–Kier alpha value is -2.43. The number of halogens is 3. The average Bonchev–Trinajstić information content (AvgIpc) is 3.13. The molecule has 1 heterocycles. The number of carbonyl (C=O) groups excluding carboxylic acids is 1. The number of amides is 1. The summed E-state index contributed by atoms with van der Waals surface area (Å²) in [5.41, 5.74) is 1.74. The molecule has 2 aromatic carbocycles. The summed E-state index contributed by atoms with van der Waals surface area (Å²) in [6.07, 6.45) is 0.743. The van der Waals surface area contributed by atoms with E-state index < -0.39 is 11.6 Å². The smallest absolute Gasteiger partial charge is 0.221 e. The third-order valence-corrected chi connectivity index (χ3v) is 4.71. The summed E-state index contributed by atoms with van der Waals surface area (Å²) in [7, 11) is 1.67. The third kappa shape index (κ3) is 6.28. The Kier molecular flexibility index (Phi) is 8.82. The van der Waals surface area contributed by atoms with Crippen LogP contribution in [0, 0.1) is 11.6 Å². The molecule has 3 N–H and O–H groups in total. The summed E-state index contributed by atoms with van der Waals surface area (Å²) < 4.78 is 28.0. The van der Waals surface area contributed by atoms with Gasteiger partial charge in [-0.1, -0.05) is 18.2 Å². The van der Waals surface area contributed by atoms with Gasteiger partial charge in [0.2, 0.25) is 5.91 Å². The van der Waals surface area contributed by atoms with E-state index in [0.29, 0.717) is 25.6 Å². The average molecular weight is 529 g/mol. The number of nitrogens with one attached hydrogen (secondary N) is 3. The molecule has 6 nitrogen and oxygen atoms in total. The second-order valence-corrected chi connectivity index (χ2v) is 6.95. The Morgan fingerprint density at radius 1 is 1.20 bits per heavy atom. The molecule has 162 valence electrons. The van der Waals surface area contributed by atoms with Crippen LogP contribution in [-0.4, -0.2) is 38.0 Å². The number of anilines is 2. The molecule has 30 heavy (non-hydrogen) atoms. The fraction of sp³-hybridized carbons (Fsp3) is 0.333. The Labute approximate surface area is 192 Å². The van der Waals surface area contributed by atoms with Crippen molar-refractivity contribution < 1.29 is 13.6 Å². The highest BCUT2D eigenvalue weighted by atomic mass is 127. The predicted molar refractivity (Wildman–Crippen MR) is 126 cm³/mol. The van der Waals surface area contributed by atoms with Gasteiger partial charge in [0.1, 0.15) is 17.3 Å². The molecule has 0 aromatic heterocycles. The maximum atomic E-state index is 14.0. The van der Waals surface area contributed by atoms with Crippen LogP contribution >= 0.6 is 24.0 Å². The highest BCUT2D eigenvalue weighted by Crippen LogP contribution is 2.26. The Morgan fingerprint density at radius 3 is 2.57 bits per heavy atom. The van der Waals surface area contributed by atoms with Crippen molar-refractivity contribution in [1.29, 1.82) is 0 Å². The van der Waals surface area contributed by atoms with Crippen LogP contribution in [0.25, 0.3) is 0 Å². The van der Waals surface area contributed by atoms with Gasteiger partial charge >= 0.3 is 0 Å². The number of para-hydroxylation sites is 1. The van der Waals surface area contributed by atoms with Crippen LogP contribution in [-0.2, 0) is 11.3 Å². The Bertz CT molecular complexity index is 888. The summed E-state index contributed by atoms with van der Waals surface area (Å²) in [5.74, 6) is -0.611. The van der Waals surface area contributed by atoms with Gasteiger partial charge in [-0.15, -0.1) is 24.0 Å². The van der Waals surface area contributed by atoms with Gasteiger partial charge in [-0.05, 0) is 36.2 Å². The van der Waals surface area contributed by atoms with Crippen molar-refractivity contribution in [1.82, 2.24) is 10.6 Å². The first-order valence-corrected chi connectivity index (χ1v) is 9.49. The molecular formula is C21H26F2IN5O. The molecule has 1 aliphatic heterocycles. The summed E-state index contributed by atoms with van der Waals surface area (Å²) in [4.78, 5) is 17.1. The van der Waals surface area contributed by atoms with Crippen LogP contribution in [0.4, 0.5) is 20.2 Å². The molecule has 1 amide bonds. The summed E-state index contributed by atoms with van der Waals surface area (Å²) in [5, 5.41) is 9.29. The van der Waals surface area contributed by atoms with Crippen LogP contribution in [0.3, 0.4) is 0 Å². The lowest BCUT2D eigenvalue weighted by atomic mass is 10.2. The number of rotatable bonds is 5. The van der Waals surface area contributed by atoms with Crippen molar-refractivity contribution in [3.8, 4) is 0 Å². The van der Waals surface area contributed by atoms with Gasteiger partial charge in [0, 0.05) is 45.3 Å². The van der Waals surface area contributed by atoms with Gasteiger partial charge in [0.15, 0.2) is 5.96 Å². The third-order valence-electron chi connectivity index (χ3n) is 4.71. The highest BCUT2D eigenvalue weighted by Gasteiger charge is 2.27. The number of hydrogen-bond acceptors (Lipinski definition) is 3. The molecule has 1 saturated heterocycles. The lowest BCUT2D eigenvalue weighted by Gasteiger charge is -2.21. The van der Waals surface area contributed by atoms with E-state index in [2.05, 4.69) is 20.9 Å². The largest absolute Gasteiger partial charge is 0.365 e. The van der Waals surface area contributed by atoms with E-state index in [1.165, 1.54) is 25.1 Å². The van der Waals surface area contributed by atoms with Crippen molar-refractivity contribution in [3.63, 3.8) is 0 Å². The Morgan fingerprint density at radius 2 is 1.90 bits per heavy atom. The molecule has 1 atom stereocenters. The van der Waals surface area contributed by atoms with E-state index in [1.54, 1.807) is 11.9 Å². The monoisotopic (exact) mass is 529 g/mol. The van der Waals surface area contributed by atoms with Crippen molar-refractivity contribution in [3.05, 3.63) is 59.7 Å². The van der Waals surface area contributed by atoms with Gasteiger partial charge in [-0.2, -0.15) is 0 Å². The fourth-order valence-electron chi connectivity index (χ4n) is 3.41. The number of guanidine groups is 1. The van der Waals surface area contributed by atoms with Crippen molar-refractivity contribution in [2.24, 2.45) is 4.99 Å². The molecular weight excluding hydrogens is 503 g/mol. The van der Waals surface area contributed by atoms with E-state index >= 15 is 0 Å². The molecule has 1 unspecified atom stereocenters. The van der Waals surface area contributed by atoms with Crippen LogP contribution in [0.5, 0.6) is 0 Å². The van der Waals surface area contributed by atoms with Crippen LogP contribution in [0.2, 0.25) is 0 Å². The van der Waals surface area contributed by atoms with Crippen LogP contribution < -0.4 is 20.9 Å². The van der Waals surface area contributed by atoms with E-state index in [1.807, 2.05) is 24.3 Å². The molecule has 2 aromatic rings. The molecule has 0 spiro atoms. The number of benzene rings is 2. The maximum absolute atomic E-state index is 14.0.